The number of nitrogen functional groups attached to an aromatic ring is 1. The van der Waals surface area contributed by atoms with Crippen LogP contribution < -0.4 is 11.3 Å². The predicted molar refractivity (Wildman–Crippen MR) is 66.1 cm³/mol. The molecule has 0 aromatic carbocycles. The lowest BCUT2D eigenvalue weighted by Gasteiger charge is -2.26. The molecule has 5 heteroatoms. The summed E-state index contributed by atoms with van der Waals surface area (Å²) in [6, 6.07) is 3.88. The third kappa shape index (κ3) is 3.57. The highest BCUT2D eigenvalue weighted by Gasteiger charge is 2.16. The second kappa shape index (κ2) is 5.84. The van der Waals surface area contributed by atoms with E-state index in [-0.39, 0.29) is 5.76 Å². The fraction of sp³-hybridized carbons (Fsp3) is 0.583. The van der Waals surface area contributed by atoms with Gasteiger partial charge < -0.3 is 4.42 Å². The Morgan fingerprint density at radius 1 is 1.47 bits per heavy atom. The maximum atomic E-state index is 11.2. The van der Waals surface area contributed by atoms with Crippen molar-refractivity contribution in [3.8, 4) is 0 Å². The van der Waals surface area contributed by atoms with Crippen molar-refractivity contribution < 1.29 is 9.21 Å². The Kier molecular flexibility index (Phi) is 4.72. The molecule has 1 heterocycles. The molecule has 0 spiro atoms. The van der Waals surface area contributed by atoms with E-state index in [0.717, 1.165) is 5.76 Å². The van der Waals surface area contributed by atoms with Crippen molar-refractivity contribution in [2.24, 2.45) is 11.8 Å². The first-order chi connectivity index (χ1) is 7.95. The average molecular weight is 239 g/mol. The van der Waals surface area contributed by atoms with Crippen LogP contribution in [0.1, 0.15) is 37.1 Å². The molecule has 0 saturated carbocycles. The first-order valence-electron chi connectivity index (χ1n) is 5.75. The van der Waals surface area contributed by atoms with Crippen molar-refractivity contribution in [2.75, 3.05) is 7.05 Å². The van der Waals surface area contributed by atoms with Gasteiger partial charge in [-0.2, -0.15) is 0 Å². The van der Waals surface area contributed by atoms with Gasteiger partial charge >= 0.3 is 5.91 Å². The number of hydrogen-bond acceptors (Lipinski definition) is 4. The topological polar surface area (TPSA) is 71.5 Å². The van der Waals surface area contributed by atoms with Crippen LogP contribution >= 0.6 is 0 Å². The number of carbonyl (C=O) groups excluding carboxylic acids is 1. The van der Waals surface area contributed by atoms with Gasteiger partial charge in [0.1, 0.15) is 5.76 Å². The van der Waals surface area contributed by atoms with Gasteiger partial charge in [-0.05, 0) is 32.0 Å². The number of nitrogens with one attached hydrogen (secondary N) is 1. The van der Waals surface area contributed by atoms with E-state index >= 15 is 0 Å². The molecule has 0 aliphatic carbocycles. The molecule has 0 saturated heterocycles. The van der Waals surface area contributed by atoms with Crippen molar-refractivity contribution >= 4 is 5.91 Å². The van der Waals surface area contributed by atoms with E-state index in [1.54, 1.807) is 12.1 Å². The number of hydrazine groups is 1. The molecule has 1 amide bonds. The van der Waals surface area contributed by atoms with Crippen molar-refractivity contribution in [3.63, 3.8) is 0 Å². The standard InChI is InChI=1S/C12H21N3O2/c1-8(2)9(3)15(4)7-10-5-6-11(17-10)12(16)14-13/h5-6,8-9H,7,13H2,1-4H3,(H,14,16). The molecular weight excluding hydrogens is 218 g/mol. The van der Waals surface area contributed by atoms with Crippen LogP contribution in [0.5, 0.6) is 0 Å². The van der Waals surface area contributed by atoms with Crippen molar-refractivity contribution in [1.29, 1.82) is 0 Å². The highest BCUT2D eigenvalue weighted by molar-refractivity contribution is 5.90. The number of rotatable bonds is 5. The van der Waals surface area contributed by atoms with E-state index in [1.807, 2.05) is 12.5 Å². The largest absolute Gasteiger partial charge is 0.455 e. The average Bonchev–Trinajstić information content (AvgIpc) is 2.75. The Hall–Kier alpha value is -1.33. The first kappa shape index (κ1) is 13.7. The minimum absolute atomic E-state index is 0.244. The summed E-state index contributed by atoms with van der Waals surface area (Å²) in [6.07, 6.45) is 0. The molecule has 5 nitrogen and oxygen atoms in total. The summed E-state index contributed by atoms with van der Waals surface area (Å²) in [6.45, 7) is 7.20. The van der Waals surface area contributed by atoms with Crippen molar-refractivity contribution in [3.05, 3.63) is 23.7 Å². The third-order valence-corrected chi connectivity index (χ3v) is 3.08. The Morgan fingerprint density at radius 3 is 2.65 bits per heavy atom. The van der Waals surface area contributed by atoms with Gasteiger partial charge in [0, 0.05) is 6.04 Å². The summed E-state index contributed by atoms with van der Waals surface area (Å²) in [5.41, 5.74) is 2.04. The van der Waals surface area contributed by atoms with Gasteiger partial charge in [-0.3, -0.25) is 15.1 Å². The zero-order chi connectivity index (χ0) is 13.0. The van der Waals surface area contributed by atoms with Crippen LogP contribution in [-0.4, -0.2) is 23.9 Å². The lowest BCUT2D eigenvalue weighted by molar-refractivity contribution is 0.0921. The fourth-order valence-corrected chi connectivity index (χ4v) is 1.55. The minimum Gasteiger partial charge on any atom is -0.455 e. The summed E-state index contributed by atoms with van der Waals surface area (Å²) in [5.74, 6) is 6.20. The Morgan fingerprint density at radius 2 is 2.12 bits per heavy atom. The van der Waals surface area contributed by atoms with E-state index in [4.69, 9.17) is 10.3 Å². The number of carbonyl (C=O) groups is 1. The molecule has 3 N–H and O–H groups in total. The molecule has 17 heavy (non-hydrogen) atoms. The number of amides is 1. The van der Waals surface area contributed by atoms with Crippen molar-refractivity contribution in [2.45, 2.75) is 33.4 Å². The number of nitrogens with two attached hydrogens (primary N) is 1. The molecule has 0 radical (unpaired) electrons. The molecule has 0 bridgehead atoms. The highest BCUT2D eigenvalue weighted by Crippen LogP contribution is 2.14. The monoisotopic (exact) mass is 239 g/mol. The molecule has 1 rings (SSSR count). The molecule has 1 atom stereocenters. The lowest BCUT2D eigenvalue weighted by atomic mass is 10.1. The van der Waals surface area contributed by atoms with E-state index in [0.29, 0.717) is 18.5 Å². The molecule has 0 aliphatic rings. The van der Waals surface area contributed by atoms with Gasteiger partial charge in [-0.25, -0.2) is 5.84 Å². The second-order valence-electron chi connectivity index (χ2n) is 4.64. The maximum absolute atomic E-state index is 11.2. The van der Waals surface area contributed by atoms with Crippen molar-refractivity contribution in [1.82, 2.24) is 10.3 Å². The van der Waals surface area contributed by atoms with Gasteiger partial charge in [0.05, 0.1) is 6.54 Å². The SMILES string of the molecule is CC(C)C(C)N(C)Cc1ccc(C(=O)NN)o1. The fourth-order valence-electron chi connectivity index (χ4n) is 1.55. The van der Waals surface area contributed by atoms with E-state index in [9.17, 15) is 4.79 Å². The summed E-state index contributed by atoms with van der Waals surface area (Å²) in [7, 11) is 2.04. The summed E-state index contributed by atoms with van der Waals surface area (Å²) >= 11 is 0. The second-order valence-corrected chi connectivity index (χ2v) is 4.64. The molecule has 0 aliphatic heterocycles. The van der Waals surface area contributed by atoms with Crippen LogP contribution in [0.2, 0.25) is 0 Å². The highest BCUT2D eigenvalue weighted by atomic mass is 16.4. The Bertz CT molecular complexity index is 374. The summed E-state index contributed by atoms with van der Waals surface area (Å²) < 4.78 is 5.40. The van der Waals surface area contributed by atoms with Gasteiger partial charge in [0.15, 0.2) is 5.76 Å². The maximum Gasteiger partial charge on any atom is 0.300 e. The zero-order valence-corrected chi connectivity index (χ0v) is 10.9. The predicted octanol–water partition coefficient (Wildman–Crippen LogP) is 1.36. The van der Waals surface area contributed by atoms with Gasteiger partial charge in [0.2, 0.25) is 0 Å². The number of furan rings is 1. The van der Waals surface area contributed by atoms with Crippen LogP contribution in [0.15, 0.2) is 16.5 Å². The third-order valence-electron chi connectivity index (χ3n) is 3.08. The van der Waals surface area contributed by atoms with Crippen LogP contribution in [0, 0.1) is 5.92 Å². The lowest BCUT2D eigenvalue weighted by Crippen LogP contribution is -2.32. The molecular formula is C12H21N3O2. The van der Waals surface area contributed by atoms with Crippen LogP contribution in [0.3, 0.4) is 0 Å². The number of hydrogen-bond donors (Lipinski definition) is 2. The molecule has 1 unspecified atom stereocenters. The smallest absolute Gasteiger partial charge is 0.300 e. The summed E-state index contributed by atoms with van der Waals surface area (Å²) in [5, 5.41) is 0. The van der Waals surface area contributed by atoms with E-state index in [1.165, 1.54) is 0 Å². The van der Waals surface area contributed by atoms with E-state index < -0.39 is 5.91 Å². The molecule has 1 aromatic rings. The van der Waals surface area contributed by atoms with Gasteiger partial charge in [0.25, 0.3) is 0 Å². The van der Waals surface area contributed by atoms with Crippen LogP contribution in [0.4, 0.5) is 0 Å². The molecule has 0 fully saturated rings. The number of nitrogens with zero attached hydrogens (tertiary/aromatic N) is 1. The normalized spacial score (nSPS) is 13.1. The Labute approximate surface area is 102 Å². The zero-order valence-electron chi connectivity index (χ0n) is 10.9. The van der Waals surface area contributed by atoms with E-state index in [2.05, 4.69) is 25.7 Å². The van der Waals surface area contributed by atoms with Crippen LogP contribution in [0.25, 0.3) is 0 Å². The molecule has 1 aromatic heterocycles. The van der Waals surface area contributed by atoms with Gasteiger partial charge in [-0.15, -0.1) is 0 Å². The minimum atomic E-state index is -0.407. The summed E-state index contributed by atoms with van der Waals surface area (Å²) in [4.78, 5) is 13.4. The van der Waals surface area contributed by atoms with Crippen LogP contribution in [-0.2, 0) is 6.54 Å². The quantitative estimate of drug-likeness (QED) is 0.462. The first-order valence-corrected chi connectivity index (χ1v) is 5.75. The Balaban J connectivity index is 2.63. The van der Waals surface area contributed by atoms with Gasteiger partial charge in [-0.1, -0.05) is 13.8 Å². The molecule has 96 valence electrons.